The Kier molecular flexibility index (Phi) is 5.08. The Hall–Kier alpha value is -1.73. The van der Waals surface area contributed by atoms with Gasteiger partial charge in [-0.2, -0.15) is 0 Å². The first-order chi connectivity index (χ1) is 10.0. The maximum Gasteiger partial charge on any atom is 0.148 e. The Labute approximate surface area is 131 Å². The highest BCUT2D eigenvalue weighted by atomic mass is 79.9. The van der Waals surface area contributed by atoms with Crippen molar-refractivity contribution in [2.45, 2.75) is 26.7 Å². The van der Waals surface area contributed by atoms with E-state index in [1.54, 1.807) is 12.1 Å². The predicted molar refractivity (Wildman–Crippen MR) is 86.0 cm³/mol. The zero-order valence-corrected chi connectivity index (χ0v) is 13.5. The monoisotopic (exact) mass is 353 g/mol. The van der Waals surface area contributed by atoms with Gasteiger partial charge in [0.1, 0.15) is 23.3 Å². The van der Waals surface area contributed by atoms with Crippen LogP contribution in [0.3, 0.4) is 0 Å². The Morgan fingerprint density at radius 1 is 1.29 bits per heavy atom. The second-order valence-electron chi connectivity index (χ2n) is 4.61. The lowest BCUT2D eigenvalue weighted by atomic mass is 10.2. The van der Waals surface area contributed by atoms with Crippen LogP contribution < -0.4 is 16.6 Å². The molecule has 0 atom stereocenters. The van der Waals surface area contributed by atoms with E-state index in [2.05, 4.69) is 36.6 Å². The molecule has 0 fully saturated rings. The zero-order chi connectivity index (χ0) is 15.4. The molecule has 0 spiro atoms. The van der Waals surface area contributed by atoms with Crippen LogP contribution in [-0.2, 0) is 6.42 Å². The minimum Gasteiger partial charge on any atom is -0.337 e. The largest absolute Gasteiger partial charge is 0.337 e. The number of benzene rings is 1. The lowest BCUT2D eigenvalue weighted by Crippen LogP contribution is -2.14. The molecule has 0 aliphatic heterocycles. The van der Waals surface area contributed by atoms with Crippen molar-refractivity contribution in [1.82, 2.24) is 9.97 Å². The van der Waals surface area contributed by atoms with E-state index >= 15 is 0 Å². The van der Waals surface area contributed by atoms with Crippen molar-refractivity contribution in [2.24, 2.45) is 5.84 Å². The van der Waals surface area contributed by atoms with E-state index in [0.717, 1.165) is 22.9 Å². The quantitative estimate of drug-likeness (QED) is 0.564. The number of rotatable bonds is 5. The van der Waals surface area contributed by atoms with Gasteiger partial charge in [-0.1, -0.05) is 22.9 Å². The fourth-order valence-corrected chi connectivity index (χ4v) is 2.24. The van der Waals surface area contributed by atoms with Crippen molar-refractivity contribution in [3.05, 3.63) is 39.9 Å². The third kappa shape index (κ3) is 3.68. The second-order valence-corrected chi connectivity index (χ2v) is 5.52. The van der Waals surface area contributed by atoms with Gasteiger partial charge in [-0.05, 0) is 31.5 Å². The number of anilines is 3. The smallest absolute Gasteiger partial charge is 0.148 e. The van der Waals surface area contributed by atoms with Gasteiger partial charge in [-0.15, -0.1) is 0 Å². The molecule has 5 nitrogen and oxygen atoms in total. The zero-order valence-electron chi connectivity index (χ0n) is 11.9. The summed E-state index contributed by atoms with van der Waals surface area (Å²) >= 11 is 3.32. The summed E-state index contributed by atoms with van der Waals surface area (Å²) in [4.78, 5) is 8.77. The van der Waals surface area contributed by atoms with Crippen LogP contribution in [0.25, 0.3) is 0 Å². The summed E-state index contributed by atoms with van der Waals surface area (Å²) < 4.78 is 14.6. The number of hydrogen-bond donors (Lipinski definition) is 3. The highest BCUT2D eigenvalue weighted by molar-refractivity contribution is 9.10. The first-order valence-electron chi connectivity index (χ1n) is 6.61. The molecule has 2 aromatic rings. The average Bonchev–Trinajstić information content (AvgIpc) is 2.46. The van der Waals surface area contributed by atoms with Crippen molar-refractivity contribution < 1.29 is 4.39 Å². The summed E-state index contributed by atoms with van der Waals surface area (Å²) in [5.41, 5.74) is 3.63. The van der Waals surface area contributed by atoms with Gasteiger partial charge in [0.2, 0.25) is 0 Å². The number of nitrogens with one attached hydrogen (secondary N) is 2. The van der Waals surface area contributed by atoms with E-state index in [1.165, 1.54) is 6.07 Å². The minimum absolute atomic E-state index is 0.344. The highest BCUT2D eigenvalue weighted by Gasteiger charge is 2.12. The van der Waals surface area contributed by atoms with Gasteiger partial charge < -0.3 is 10.7 Å². The first kappa shape index (κ1) is 15.7. The summed E-state index contributed by atoms with van der Waals surface area (Å²) in [5, 5.41) is 3.00. The molecule has 0 aliphatic rings. The molecule has 1 aromatic heterocycles. The van der Waals surface area contributed by atoms with Crippen molar-refractivity contribution in [2.75, 3.05) is 10.7 Å². The number of halogens is 2. The van der Waals surface area contributed by atoms with Gasteiger partial charge >= 0.3 is 0 Å². The highest BCUT2D eigenvalue weighted by Crippen LogP contribution is 2.27. The molecular formula is C14H17BrFN5. The van der Waals surface area contributed by atoms with Crippen LogP contribution in [0.4, 0.5) is 21.7 Å². The molecule has 2 rings (SSSR count). The molecule has 1 heterocycles. The van der Waals surface area contributed by atoms with Gasteiger partial charge in [-0.3, -0.25) is 0 Å². The molecule has 0 saturated carbocycles. The van der Waals surface area contributed by atoms with Crippen molar-refractivity contribution in [3.8, 4) is 0 Å². The van der Waals surface area contributed by atoms with Crippen LogP contribution >= 0.6 is 15.9 Å². The molecule has 0 amide bonds. The molecule has 21 heavy (non-hydrogen) atoms. The molecule has 0 saturated heterocycles. The Balaban J connectivity index is 2.42. The maximum atomic E-state index is 13.9. The number of hydrogen-bond acceptors (Lipinski definition) is 5. The summed E-state index contributed by atoms with van der Waals surface area (Å²) in [6.07, 6.45) is 1.64. The fraction of sp³-hybridized carbons (Fsp3) is 0.286. The number of hydrazine groups is 1. The number of aryl methyl sites for hydroxylation is 1. The first-order valence-corrected chi connectivity index (χ1v) is 7.40. The summed E-state index contributed by atoms with van der Waals surface area (Å²) in [6, 6.07) is 4.69. The summed E-state index contributed by atoms with van der Waals surface area (Å²) in [5.74, 6) is 6.87. The van der Waals surface area contributed by atoms with Gasteiger partial charge in [-0.25, -0.2) is 20.2 Å². The SMILES string of the molecule is CCCc1nc(NN)c(C)c(Nc2cc(Br)ccc2F)n1. The second kappa shape index (κ2) is 6.82. The van der Waals surface area contributed by atoms with Crippen LogP contribution in [-0.4, -0.2) is 9.97 Å². The van der Waals surface area contributed by atoms with Crippen molar-refractivity contribution in [1.29, 1.82) is 0 Å². The Morgan fingerprint density at radius 3 is 2.67 bits per heavy atom. The minimum atomic E-state index is -0.351. The third-order valence-electron chi connectivity index (χ3n) is 2.98. The fourth-order valence-electron chi connectivity index (χ4n) is 1.88. The van der Waals surface area contributed by atoms with Crippen LogP contribution in [0.1, 0.15) is 24.7 Å². The molecule has 4 N–H and O–H groups in total. The van der Waals surface area contributed by atoms with E-state index in [9.17, 15) is 4.39 Å². The molecule has 0 radical (unpaired) electrons. The van der Waals surface area contributed by atoms with E-state index in [1.807, 2.05) is 13.8 Å². The molecule has 0 aliphatic carbocycles. The molecule has 0 unspecified atom stereocenters. The number of nitrogens with two attached hydrogens (primary N) is 1. The molecule has 112 valence electrons. The molecule has 1 aromatic carbocycles. The van der Waals surface area contributed by atoms with Gasteiger partial charge in [0.15, 0.2) is 0 Å². The topological polar surface area (TPSA) is 75.9 Å². The van der Waals surface area contributed by atoms with Crippen LogP contribution in [0.5, 0.6) is 0 Å². The maximum absolute atomic E-state index is 13.9. The predicted octanol–water partition coefficient (Wildman–Crippen LogP) is 3.67. The normalized spacial score (nSPS) is 10.5. The van der Waals surface area contributed by atoms with Gasteiger partial charge in [0.05, 0.1) is 5.69 Å². The molecular weight excluding hydrogens is 337 g/mol. The molecule has 7 heteroatoms. The van der Waals surface area contributed by atoms with E-state index < -0.39 is 0 Å². The standard InChI is InChI=1S/C14H17BrFN5/c1-3-4-12-19-13(8(2)14(20-12)21-17)18-11-7-9(15)5-6-10(11)16/h5-7H,3-4,17H2,1-2H3,(H2,18,19,20,21). The third-order valence-corrected chi connectivity index (χ3v) is 3.48. The van der Waals surface area contributed by atoms with Crippen LogP contribution in [0.2, 0.25) is 0 Å². The van der Waals surface area contributed by atoms with Crippen LogP contribution in [0.15, 0.2) is 22.7 Å². The van der Waals surface area contributed by atoms with E-state index in [4.69, 9.17) is 5.84 Å². The van der Waals surface area contributed by atoms with E-state index in [-0.39, 0.29) is 5.82 Å². The summed E-state index contributed by atoms with van der Waals surface area (Å²) in [6.45, 7) is 3.86. The van der Waals surface area contributed by atoms with Crippen molar-refractivity contribution >= 4 is 33.3 Å². The van der Waals surface area contributed by atoms with Gasteiger partial charge in [0.25, 0.3) is 0 Å². The average molecular weight is 354 g/mol. The van der Waals surface area contributed by atoms with Crippen molar-refractivity contribution in [3.63, 3.8) is 0 Å². The number of nitrogens with zero attached hydrogens (tertiary/aromatic N) is 2. The Morgan fingerprint density at radius 2 is 2.00 bits per heavy atom. The summed E-state index contributed by atoms with van der Waals surface area (Å²) in [7, 11) is 0. The number of nitrogen functional groups attached to an aromatic ring is 1. The van der Waals surface area contributed by atoms with Crippen LogP contribution in [0, 0.1) is 12.7 Å². The number of aromatic nitrogens is 2. The van der Waals surface area contributed by atoms with E-state index in [0.29, 0.717) is 23.1 Å². The Bertz CT molecular complexity index is 648. The molecule has 0 bridgehead atoms. The lowest BCUT2D eigenvalue weighted by molar-refractivity contribution is 0.631. The lowest BCUT2D eigenvalue weighted by Gasteiger charge is -2.14. The van der Waals surface area contributed by atoms with Gasteiger partial charge in [0, 0.05) is 16.5 Å².